The molecule has 0 radical (unpaired) electrons. The molecule has 0 spiro atoms. The predicted molar refractivity (Wildman–Crippen MR) is 77.3 cm³/mol. The zero-order valence-electron chi connectivity index (χ0n) is 11.5. The molecule has 0 saturated heterocycles. The summed E-state index contributed by atoms with van der Waals surface area (Å²) >= 11 is 0. The first-order chi connectivity index (χ1) is 8.83. The summed E-state index contributed by atoms with van der Waals surface area (Å²) in [7, 11) is 0. The summed E-state index contributed by atoms with van der Waals surface area (Å²) in [6.07, 6.45) is 5.45. The quantitative estimate of drug-likeness (QED) is 0.836. The highest BCUT2D eigenvalue weighted by atomic mass is 15.2. The highest BCUT2D eigenvalue weighted by Gasteiger charge is 2.27. The summed E-state index contributed by atoms with van der Waals surface area (Å²) < 4.78 is 0. The van der Waals surface area contributed by atoms with Crippen LogP contribution in [0, 0.1) is 5.92 Å². The molecule has 2 atom stereocenters. The molecule has 1 aromatic rings. The Kier molecular flexibility index (Phi) is 5.21. The van der Waals surface area contributed by atoms with Crippen LogP contribution in [0.5, 0.6) is 0 Å². The van der Waals surface area contributed by atoms with Gasteiger partial charge in [0.25, 0.3) is 0 Å². The fraction of sp³-hybridized carbons (Fsp3) is 0.625. The lowest BCUT2D eigenvalue weighted by Gasteiger charge is -2.28. The topological polar surface area (TPSA) is 29.3 Å². The van der Waals surface area contributed by atoms with E-state index >= 15 is 0 Å². The first-order valence-electron chi connectivity index (χ1n) is 7.31. The standard InChI is InChI=1S/C16H26N2/c1-2-14-8-9-16(12-14)18(11-10-17)13-15-6-4-3-5-7-15/h3-7,14,16H,2,8-13,17H2,1H3. The van der Waals surface area contributed by atoms with E-state index < -0.39 is 0 Å². The van der Waals surface area contributed by atoms with Crippen molar-refractivity contribution in [3.63, 3.8) is 0 Å². The second-order valence-electron chi connectivity index (χ2n) is 5.49. The first kappa shape index (κ1) is 13.6. The van der Waals surface area contributed by atoms with Crippen LogP contribution in [-0.2, 0) is 6.54 Å². The summed E-state index contributed by atoms with van der Waals surface area (Å²) in [6, 6.07) is 11.5. The van der Waals surface area contributed by atoms with Crippen LogP contribution in [0.15, 0.2) is 30.3 Å². The minimum Gasteiger partial charge on any atom is -0.329 e. The molecule has 18 heavy (non-hydrogen) atoms. The van der Waals surface area contributed by atoms with Gasteiger partial charge < -0.3 is 5.73 Å². The lowest BCUT2D eigenvalue weighted by atomic mass is 10.0. The zero-order valence-corrected chi connectivity index (χ0v) is 11.5. The molecule has 0 bridgehead atoms. The summed E-state index contributed by atoms with van der Waals surface area (Å²) in [5, 5.41) is 0. The number of nitrogens with two attached hydrogens (primary N) is 1. The maximum absolute atomic E-state index is 5.78. The Balaban J connectivity index is 1.96. The molecule has 100 valence electrons. The summed E-state index contributed by atoms with van der Waals surface area (Å²) in [5.41, 5.74) is 7.18. The second-order valence-corrected chi connectivity index (χ2v) is 5.49. The highest BCUT2D eigenvalue weighted by molar-refractivity contribution is 5.14. The van der Waals surface area contributed by atoms with Crippen molar-refractivity contribution in [2.45, 2.75) is 45.2 Å². The maximum atomic E-state index is 5.78. The lowest BCUT2D eigenvalue weighted by molar-refractivity contribution is 0.190. The molecule has 2 heteroatoms. The fourth-order valence-corrected chi connectivity index (χ4v) is 3.13. The van der Waals surface area contributed by atoms with Gasteiger partial charge in [0.15, 0.2) is 0 Å². The van der Waals surface area contributed by atoms with Crippen LogP contribution in [-0.4, -0.2) is 24.0 Å². The van der Waals surface area contributed by atoms with Gasteiger partial charge >= 0.3 is 0 Å². The Bertz CT molecular complexity index is 336. The molecule has 1 aliphatic rings. The molecule has 1 saturated carbocycles. The van der Waals surface area contributed by atoms with Crippen LogP contribution >= 0.6 is 0 Å². The summed E-state index contributed by atoms with van der Waals surface area (Å²) in [4.78, 5) is 2.59. The largest absolute Gasteiger partial charge is 0.329 e. The molecular formula is C16H26N2. The average Bonchev–Trinajstić information content (AvgIpc) is 2.88. The van der Waals surface area contributed by atoms with Crippen molar-refractivity contribution in [3.05, 3.63) is 35.9 Å². The van der Waals surface area contributed by atoms with Gasteiger partial charge in [0, 0.05) is 25.7 Å². The average molecular weight is 246 g/mol. The number of hydrogen-bond donors (Lipinski definition) is 1. The third-order valence-electron chi connectivity index (χ3n) is 4.25. The predicted octanol–water partition coefficient (Wildman–Crippen LogP) is 3.03. The monoisotopic (exact) mass is 246 g/mol. The van der Waals surface area contributed by atoms with Gasteiger partial charge in [-0.2, -0.15) is 0 Å². The normalized spacial score (nSPS) is 23.7. The van der Waals surface area contributed by atoms with E-state index in [1.807, 2.05) is 0 Å². The molecule has 0 aromatic heterocycles. The van der Waals surface area contributed by atoms with E-state index in [0.29, 0.717) is 0 Å². The number of benzene rings is 1. The van der Waals surface area contributed by atoms with Crippen molar-refractivity contribution >= 4 is 0 Å². The van der Waals surface area contributed by atoms with Crippen molar-refractivity contribution in [1.29, 1.82) is 0 Å². The summed E-state index contributed by atoms with van der Waals surface area (Å²) in [5.74, 6) is 0.936. The van der Waals surface area contributed by atoms with Crippen LogP contribution in [0.4, 0.5) is 0 Å². The van der Waals surface area contributed by atoms with Crippen LogP contribution in [0.3, 0.4) is 0 Å². The van der Waals surface area contributed by atoms with Crippen molar-refractivity contribution in [2.75, 3.05) is 13.1 Å². The van der Waals surface area contributed by atoms with E-state index in [1.165, 1.54) is 31.2 Å². The smallest absolute Gasteiger partial charge is 0.0237 e. The maximum Gasteiger partial charge on any atom is 0.0237 e. The van der Waals surface area contributed by atoms with Crippen LogP contribution in [0.25, 0.3) is 0 Å². The number of nitrogens with zero attached hydrogens (tertiary/aromatic N) is 1. The highest BCUT2D eigenvalue weighted by Crippen LogP contribution is 2.31. The van der Waals surface area contributed by atoms with Crippen molar-refractivity contribution < 1.29 is 0 Å². The van der Waals surface area contributed by atoms with Crippen LogP contribution in [0.1, 0.15) is 38.2 Å². The van der Waals surface area contributed by atoms with E-state index in [4.69, 9.17) is 5.73 Å². The van der Waals surface area contributed by atoms with Gasteiger partial charge in [0.05, 0.1) is 0 Å². The van der Waals surface area contributed by atoms with Gasteiger partial charge in [-0.25, -0.2) is 0 Å². The van der Waals surface area contributed by atoms with E-state index in [-0.39, 0.29) is 0 Å². The third kappa shape index (κ3) is 3.56. The molecule has 0 heterocycles. The Hall–Kier alpha value is -0.860. The van der Waals surface area contributed by atoms with Crippen molar-refractivity contribution in [3.8, 4) is 0 Å². The van der Waals surface area contributed by atoms with Gasteiger partial charge in [0.1, 0.15) is 0 Å². The molecule has 2 N–H and O–H groups in total. The molecule has 2 nitrogen and oxygen atoms in total. The minimum absolute atomic E-state index is 0.749. The Morgan fingerprint density at radius 2 is 2.00 bits per heavy atom. The Labute approximate surface area is 111 Å². The number of rotatable bonds is 6. The Morgan fingerprint density at radius 1 is 1.22 bits per heavy atom. The van der Waals surface area contributed by atoms with E-state index in [2.05, 4.69) is 42.2 Å². The SMILES string of the molecule is CCC1CCC(N(CCN)Cc2ccccc2)C1. The molecule has 1 aromatic carbocycles. The molecule has 0 aliphatic heterocycles. The van der Waals surface area contributed by atoms with E-state index in [9.17, 15) is 0 Å². The van der Waals surface area contributed by atoms with E-state index in [0.717, 1.165) is 31.6 Å². The molecule has 2 unspecified atom stereocenters. The zero-order chi connectivity index (χ0) is 12.8. The first-order valence-corrected chi connectivity index (χ1v) is 7.31. The van der Waals surface area contributed by atoms with Crippen LogP contribution in [0.2, 0.25) is 0 Å². The van der Waals surface area contributed by atoms with Crippen LogP contribution < -0.4 is 5.73 Å². The van der Waals surface area contributed by atoms with Gasteiger partial charge in [-0.3, -0.25) is 4.90 Å². The Morgan fingerprint density at radius 3 is 2.61 bits per heavy atom. The lowest BCUT2D eigenvalue weighted by Crippen LogP contribution is -2.37. The molecule has 0 amide bonds. The molecule has 1 aliphatic carbocycles. The molecule has 1 fully saturated rings. The third-order valence-corrected chi connectivity index (χ3v) is 4.25. The minimum atomic E-state index is 0.749. The molecular weight excluding hydrogens is 220 g/mol. The van der Waals surface area contributed by atoms with Crippen molar-refractivity contribution in [2.24, 2.45) is 11.7 Å². The van der Waals surface area contributed by atoms with Gasteiger partial charge in [-0.05, 0) is 30.7 Å². The van der Waals surface area contributed by atoms with Crippen molar-refractivity contribution in [1.82, 2.24) is 4.90 Å². The molecule has 2 rings (SSSR count). The fourth-order valence-electron chi connectivity index (χ4n) is 3.13. The van der Waals surface area contributed by atoms with Gasteiger partial charge in [-0.1, -0.05) is 43.7 Å². The summed E-state index contributed by atoms with van der Waals surface area (Å²) in [6.45, 7) is 5.16. The van der Waals surface area contributed by atoms with Gasteiger partial charge in [-0.15, -0.1) is 0 Å². The van der Waals surface area contributed by atoms with Gasteiger partial charge in [0.2, 0.25) is 0 Å². The van der Waals surface area contributed by atoms with E-state index in [1.54, 1.807) is 0 Å². The second kappa shape index (κ2) is 6.91. The number of hydrogen-bond acceptors (Lipinski definition) is 2.